The Morgan fingerprint density at radius 2 is 1.94 bits per heavy atom. The minimum absolute atomic E-state index is 0.118. The molecule has 0 aliphatic rings. The van der Waals surface area contributed by atoms with E-state index >= 15 is 0 Å². The van der Waals surface area contributed by atoms with Gasteiger partial charge >= 0.3 is 5.97 Å². The molecule has 0 heterocycles. The maximum absolute atomic E-state index is 11.5. The number of hydrogen-bond acceptors (Lipinski definition) is 3. The van der Waals surface area contributed by atoms with Gasteiger partial charge in [-0.05, 0) is 18.9 Å². The molecule has 0 saturated heterocycles. The number of benzene rings is 1. The molecular formula is C13H18N2O3. The number of carbonyl (C=O) groups is 2. The molecule has 0 aliphatic carbocycles. The molecule has 1 amide bonds. The lowest BCUT2D eigenvalue weighted by Gasteiger charge is -2.18. The van der Waals surface area contributed by atoms with E-state index in [4.69, 9.17) is 10.8 Å². The number of hydrogen-bond donors (Lipinski definition) is 3. The van der Waals surface area contributed by atoms with E-state index in [1.807, 2.05) is 30.3 Å². The Balaban J connectivity index is 2.66. The van der Waals surface area contributed by atoms with E-state index in [1.54, 1.807) is 6.92 Å². The monoisotopic (exact) mass is 250 g/mol. The number of amides is 1. The van der Waals surface area contributed by atoms with Gasteiger partial charge in [0.15, 0.2) is 0 Å². The van der Waals surface area contributed by atoms with Gasteiger partial charge in [-0.15, -0.1) is 0 Å². The Labute approximate surface area is 106 Å². The fourth-order valence-electron chi connectivity index (χ4n) is 1.62. The molecule has 0 fully saturated rings. The summed E-state index contributed by atoms with van der Waals surface area (Å²) in [7, 11) is 0. The van der Waals surface area contributed by atoms with Crippen LogP contribution in [0.1, 0.15) is 18.9 Å². The second kappa shape index (κ2) is 6.76. The fraction of sp³-hybridized carbons (Fsp3) is 0.385. The first-order valence-electron chi connectivity index (χ1n) is 5.80. The number of carboxylic acids is 1. The van der Waals surface area contributed by atoms with E-state index in [1.165, 1.54) is 0 Å². The van der Waals surface area contributed by atoms with E-state index in [-0.39, 0.29) is 12.3 Å². The number of nitrogens with one attached hydrogen (secondary N) is 1. The van der Waals surface area contributed by atoms with Gasteiger partial charge in [0.1, 0.15) is 0 Å². The summed E-state index contributed by atoms with van der Waals surface area (Å²) in [5.41, 5.74) is 6.43. The summed E-state index contributed by atoms with van der Waals surface area (Å²) in [5, 5.41) is 11.5. The van der Waals surface area contributed by atoms with Crippen molar-refractivity contribution in [2.75, 3.05) is 0 Å². The first kappa shape index (κ1) is 14.2. The minimum atomic E-state index is -0.944. The minimum Gasteiger partial charge on any atom is -0.481 e. The van der Waals surface area contributed by atoms with Crippen molar-refractivity contribution in [3.05, 3.63) is 35.9 Å². The van der Waals surface area contributed by atoms with E-state index in [0.717, 1.165) is 5.56 Å². The van der Waals surface area contributed by atoms with Crippen LogP contribution in [-0.2, 0) is 16.0 Å². The van der Waals surface area contributed by atoms with Crippen molar-refractivity contribution in [3.63, 3.8) is 0 Å². The number of rotatable bonds is 6. The molecule has 0 saturated carbocycles. The van der Waals surface area contributed by atoms with Crippen LogP contribution in [0, 0.1) is 0 Å². The molecule has 0 aliphatic heterocycles. The Bertz CT molecular complexity index is 404. The zero-order chi connectivity index (χ0) is 13.5. The number of carbonyl (C=O) groups excluding carboxylic acids is 1. The summed E-state index contributed by atoms with van der Waals surface area (Å²) in [6, 6.07) is 8.34. The second-order valence-corrected chi connectivity index (χ2v) is 4.28. The van der Waals surface area contributed by atoms with Crippen molar-refractivity contribution >= 4 is 11.9 Å². The summed E-state index contributed by atoms with van der Waals surface area (Å²) in [5.74, 6) is -1.28. The van der Waals surface area contributed by atoms with Crippen LogP contribution in [0.15, 0.2) is 30.3 Å². The van der Waals surface area contributed by atoms with Gasteiger partial charge in [-0.3, -0.25) is 9.59 Å². The maximum Gasteiger partial charge on any atom is 0.305 e. The molecule has 18 heavy (non-hydrogen) atoms. The van der Waals surface area contributed by atoms with Gasteiger partial charge in [0.05, 0.1) is 12.5 Å². The quantitative estimate of drug-likeness (QED) is 0.687. The molecule has 0 aromatic heterocycles. The van der Waals surface area contributed by atoms with Crippen molar-refractivity contribution in [2.24, 2.45) is 5.73 Å². The van der Waals surface area contributed by atoms with Crippen LogP contribution in [0.2, 0.25) is 0 Å². The van der Waals surface area contributed by atoms with Crippen LogP contribution >= 0.6 is 0 Å². The van der Waals surface area contributed by atoms with Crippen molar-refractivity contribution in [3.8, 4) is 0 Å². The highest BCUT2D eigenvalue weighted by atomic mass is 16.4. The third-order valence-electron chi connectivity index (χ3n) is 2.51. The molecule has 98 valence electrons. The van der Waals surface area contributed by atoms with Crippen molar-refractivity contribution in [2.45, 2.75) is 31.8 Å². The van der Waals surface area contributed by atoms with E-state index in [2.05, 4.69) is 5.32 Å². The summed E-state index contributed by atoms with van der Waals surface area (Å²) in [6.07, 6.45) is 0.360. The van der Waals surface area contributed by atoms with E-state index in [9.17, 15) is 9.59 Å². The highest BCUT2D eigenvalue weighted by molar-refractivity contribution is 5.82. The molecule has 5 heteroatoms. The number of carboxylic acid groups (broad SMARTS) is 1. The van der Waals surface area contributed by atoms with Gasteiger partial charge < -0.3 is 16.2 Å². The van der Waals surface area contributed by atoms with Crippen LogP contribution in [-0.4, -0.2) is 29.1 Å². The van der Waals surface area contributed by atoms with Crippen molar-refractivity contribution < 1.29 is 14.7 Å². The van der Waals surface area contributed by atoms with Crippen LogP contribution in [0.25, 0.3) is 0 Å². The zero-order valence-corrected chi connectivity index (χ0v) is 10.3. The highest BCUT2D eigenvalue weighted by Crippen LogP contribution is 2.06. The third kappa shape index (κ3) is 4.97. The smallest absolute Gasteiger partial charge is 0.305 e. The van der Waals surface area contributed by atoms with Gasteiger partial charge in [0.25, 0.3) is 0 Å². The second-order valence-electron chi connectivity index (χ2n) is 4.28. The first-order chi connectivity index (χ1) is 8.49. The lowest BCUT2D eigenvalue weighted by molar-refractivity contribution is -0.137. The lowest BCUT2D eigenvalue weighted by Crippen LogP contribution is -2.45. The van der Waals surface area contributed by atoms with Gasteiger partial charge in [-0.1, -0.05) is 30.3 Å². The zero-order valence-electron chi connectivity index (χ0n) is 10.3. The van der Waals surface area contributed by atoms with Crippen LogP contribution < -0.4 is 11.1 Å². The normalized spacial score (nSPS) is 13.7. The van der Waals surface area contributed by atoms with Crippen molar-refractivity contribution in [1.29, 1.82) is 0 Å². The Kier molecular flexibility index (Phi) is 5.32. The molecule has 1 aromatic carbocycles. The topological polar surface area (TPSA) is 92.4 Å². The molecule has 1 rings (SSSR count). The Hall–Kier alpha value is -1.88. The molecule has 2 atom stereocenters. The standard InChI is InChI=1S/C13H18N2O3/c1-9(14)13(18)15-11(8-12(16)17)7-10-5-3-2-4-6-10/h2-6,9,11H,7-8,14H2,1H3,(H,15,18)(H,16,17). The summed E-state index contributed by atoms with van der Waals surface area (Å²) in [4.78, 5) is 22.3. The predicted molar refractivity (Wildman–Crippen MR) is 68.0 cm³/mol. The van der Waals surface area contributed by atoms with Crippen molar-refractivity contribution in [1.82, 2.24) is 5.32 Å². The highest BCUT2D eigenvalue weighted by Gasteiger charge is 2.18. The summed E-state index contributed by atoms with van der Waals surface area (Å²) >= 11 is 0. The maximum atomic E-state index is 11.5. The molecular weight excluding hydrogens is 232 g/mol. The largest absolute Gasteiger partial charge is 0.481 e. The van der Waals surface area contributed by atoms with Crippen LogP contribution in [0.3, 0.4) is 0 Å². The number of nitrogens with two attached hydrogens (primary N) is 1. The fourth-order valence-corrected chi connectivity index (χ4v) is 1.62. The van der Waals surface area contributed by atoms with Gasteiger partial charge in [-0.25, -0.2) is 0 Å². The average molecular weight is 250 g/mol. The van der Waals surface area contributed by atoms with Gasteiger partial charge in [0, 0.05) is 6.04 Å². The molecule has 0 spiro atoms. The lowest BCUT2D eigenvalue weighted by atomic mass is 10.0. The molecule has 0 radical (unpaired) electrons. The molecule has 1 aromatic rings. The van der Waals surface area contributed by atoms with Gasteiger partial charge in [0.2, 0.25) is 5.91 Å². The van der Waals surface area contributed by atoms with Crippen LogP contribution in [0.4, 0.5) is 0 Å². The average Bonchev–Trinajstić information content (AvgIpc) is 2.29. The Morgan fingerprint density at radius 3 is 2.44 bits per heavy atom. The predicted octanol–water partition coefficient (Wildman–Crippen LogP) is 0.536. The molecule has 0 bridgehead atoms. The molecule has 4 N–H and O–H groups in total. The molecule has 5 nitrogen and oxygen atoms in total. The first-order valence-corrected chi connectivity index (χ1v) is 5.80. The van der Waals surface area contributed by atoms with Crippen LogP contribution in [0.5, 0.6) is 0 Å². The van der Waals surface area contributed by atoms with E-state index in [0.29, 0.717) is 6.42 Å². The third-order valence-corrected chi connectivity index (χ3v) is 2.51. The molecule has 2 unspecified atom stereocenters. The Morgan fingerprint density at radius 1 is 1.33 bits per heavy atom. The van der Waals surface area contributed by atoms with Gasteiger partial charge in [-0.2, -0.15) is 0 Å². The number of aliphatic carboxylic acids is 1. The van der Waals surface area contributed by atoms with E-state index < -0.39 is 18.1 Å². The summed E-state index contributed by atoms with van der Waals surface area (Å²) < 4.78 is 0. The SMILES string of the molecule is CC(N)C(=O)NC(CC(=O)O)Cc1ccccc1. The summed E-state index contributed by atoms with van der Waals surface area (Å²) in [6.45, 7) is 1.57.